The summed E-state index contributed by atoms with van der Waals surface area (Å²) in [6.07, 6.45) is 0.906. The number of rotatable bonds is 3. The molecule has 0 fully saturated rings. The summed E-state index contributed by atoms with van der Waals surface area (Å²) in [6.45, 7) is 0.719. The summed E-state index contributed by atoms with van der Waals surface area (Å²) in [5.74, 6) is 0.0124. The number of hydrogen-bond donors (Lipinski definition) is 0. The van der Waals surface area contributed by atoms with Crippen LogP contribution in [0.15, 0.2) is 64.0 Å². The maximum atomic E-state index is 13.4. The number of aromatic nitrogens is 1. The van der Waals surface area contributed by atoms with Crippen molar-refractivity contribution >= 4 is 39.9 Å². The van der Waals surface area contributed by atoms with Crippen molar-refractivity contribution in [2.75, 3.05) is 6.54 Å². The molecule has 6 heteroatoms. The van der Waals surface area contributed by atoms with Crippen LogP contribution in [0.25, 0.3) is 10.6 Å². The summed E-state index contributed by atoms with van der Waals surface area (Å²) in [4.78, 5) is 21.4. The van der Waals surface area contributed by atoms with Gasteiger partial charge in [-0.15, -0.1) is 22.7 Å². The Morgan fingerprint density at radius 3 is 2.74 bits per heavy atom. The zero-order valence-electron chi connectivity index (χ0n) is 14.4. The summed E-state index contributed by atoms with van der Waals surface area (Å²) in [6, 6.07) is 14.5. The molecule has 0 saturated heterocycles. The molecule has 3 nitrogen and oxygen atoms in total. The molecule has 0 spiro atoms. The number of hydrogen-bond acceptors (Lipinski definition) is 5. The molecule has 5 rings (SSSR count). The van der Waals surface area contributed by atoms with Crippen LogP contribution in [0.4, 0.5) is 0 Å². The van der Waals surface area contributed by atoms with Crippen molar-refractivity contribution in [2.24, 2.45) is 0 Å². The van der Waals surface area contributed by atoms with Gasteiger partial charge in [-0.1, -0.05) is 30.3 Å². The standard InChI is InChI=1S/C21H16N2OS3/c24-21(17-13-27-20(22-17)15-7-10-25-12-15)23-9-6-18-16(8-11-26-18)19(23)14-4-2-1-3-5-14/h1-5,7-8,10-13,19H,6,9H2/t19-/m1/s1. The van der Waals surface area contributed by atoms with Crippen LogP contribution in [0.2, 0.25) is 0 Å². The van der Waals surface area contributed by atoms with E-state index in [1.165, 1.54) is 21.8 Å². The molecular weight excluding hydrogens is 392 g/mol. The van der Waals surface area contributed by atoms with Crippen molar-refractivity contribution in [3.05, 3.63) is 85.7 Å². The van der Waals surface area contributed by atoms with Gasteiger partial charge in [-0.3, -0.25) is 4.79 Å². The molecule has 0 bridgehead atoms. The fourth-order valence-corrected chi connectivity index (χ4v) is 5.98. The second-order valence-corrected chi connectivity index (χ2v) is 9.05. The van der Waals surface area contributed by atoms with Gasteiger partial charge in [0.1, 0.15) is 10.7 Å². The lowest BCUT2D eigenvalue weighted by Crippen LogP contribution is -2.40. The first kappa shape index (κ1) is 16.9. The summed E-state index contributed by atoms with van der Waals surface area (Å²) < 4.78 is 0. The van der Waals surface area contributed by atoms with E-state index in [9.17, 15) is 4.79 Å². The predicted octanol–water partition coefficient (Wildman–Crippen LogP) is 5.72. The van der Waals surface area contributed by atoms with E-state index < -0.39 is 0 Å². The monoisotopic (exact) mass is 408 g/mol. The molecule has 4 aromatic rings. The van der Waals surface area contributed by atoms with E-state index in [0.29, 0.717) is 5.69 Å². The first-order chi connectivity index (χ1) is 13.3. The minimum Gasteiger partial charge on any atom is -0.326 e. The summed E-state index contributed by atoms with van der Waals surface area (Å²) in [5.41, 5.74) is 4.03. The maximum Gasteiger partial charge on any atom is 0.274 e. The third kappa shape index (κ3) is 3.04. The number of thiophene rings is 2. The molecule has 0 unspecified atom stereocenters. The van der Waals surface area contributed by atoms with Crippen molar-refractivity contribution in [3.63, 3.8) is 0 Å². The van der Waals surface area contributed by atoms with Crippen molar-refractivity contribution in [1.82, 2.24) is 9.88 Å². The normalized spacial score (nSPS) is 16.3. The maximum absolute atomic E-state index is 13.4. The van der Waals surface area contributed by atoms with E-state index in [2.05, 4.69) is 33.9 Å². The molecule has 0 saturated carbocycles. The molecule has 4 heterocycles. The molecular formula is C21H16N2OS3. The molecule has 27 heavy (non-hydrogen) atoms. The van der Waals surface area contributed by atoms with Crippen LogP contribution in [-0.2, 0) is 6.42 Å². The Bertz CT molecular complexity index is 1070. The molecule has 1 aliphatic rings. The van der Waals surface area contributed by atoms with Gasteiger partial charge in [-0.05, 0) is 40.4 Å². The Morgan fingerprint density at radius 1 is 1.04 bits per heavy atom. The first-order valence-electron chi connectivity index (χ1n) is 8.71. The Labute approximate surface area is 169 Å². The Balaban J connectivity index is 1.52. The number of fused-ring (bicyclic) bond motifs is 1. The topological polar surface area (TPSA) is 33.2 Å². The van der Waals surface area contributed by atoms with Gasteiger partial charge in [-0.25, -0.2) is 4.98 Å². The zero-order chi connectivity index (χ0) is 18.2. The number of amides is 1. The van der Waals surface area contributed by atoms with E-state index in [-0.39, 0.29) is 11.9 Å². The van der Waals surface area contributed by atoms with E-state index in [0.717, 1.165) is 29.1 Å². The van der Waals surface area contributed by atoms with Gasteiger partial charge in [0.15, 0.2) is 0 Å². The molecule has 0 N–H and O–H groups in total. The van der Waals surface area contributed by atoms with Crippen LogP contribution in [0.5, 0.6) is 0 Å². The highest BCUT2D eigenvalue weighted by atomic mass is 32.1. The molecule has 134 valence electrons. The lowest BCUT2D eigenvalue weighted by atomic mass is 9.93. The quantitative estimate of drug-likeness (QED) is 0.434. The van der Waals surface area contributed by atoms with E-state index in [4.69, 9.17) is 0 Å². The lowest BCUT2D eigenvalue weighted by Gasteiger charge is -2.36. The van der Waals surface area contributed by atoms with Crippen molar-refractivity contribution in [3.8, 4) is 10.6 Å². The van der Waals surface area contributed by atoms with Crippen LogP contribution in [-0.4, -0.2) is 22.3 Å². The number of carbonyl (C=O) groups is 1. The van der Waals surface area contributed by atoms with E-state index in [1.807, 2.05) is 39.9 Å². The van der Waals surface area contributed by atoms with E-state index in [1.54, 1.807) is 22.7 Å². The fraction of sp³-hybridized carbons (Fsp3) is 0.143. The average Bonchev–Trinajstić information content (AvgIpc) is 3.48. The molecule has 0 radical (unpaired) electrons. The summed E-state index contributed by atoms with van der Waals surface area (Å²) >= 11 is 4.96. The molecule has 1 amide bonds. The third-order valence-corrected chi connectivity index (χ3v) is 7.40. The smallest absolute Gasteiger partial charge is 0.274 e. The highest BCUT2D eigenvalue weighted by Gasteiger charge is 2.34. The molecule has 1 atom stereocenters. The number of thiazole rings is 1. The lowest BCUT2D eigenvalue weighted by molar-refractivity contribution is 0.0691. The van der Waals surface area contributed by atoms with Gasteiger partial charge in [0.05, 0.1) is 6.04 Å². The first-order valence-corrected chi connectivity index (χ1v) is 11.4. The second-order valence-electron chi connectivity index (χ2n) is 6.41. The molecule has 1 aliphatic heterocycles. The van der Waals surface area contributed by atoms with Crippen LogP contribution in [0.3, 0.4) is 0 Å². The predicted molar refractivity (Wildman–Crippen MR) is 113 cm³/mol. The van der Waals surface area contributed by atoms with Gasteiger partial charge >= 0.3 is 0 Å². The average molecular weight is 409 g/mol. The Hall–Kier alpha value is -2.28. The number of nitrogens with zero attached hydrogens (tertiary/aromatic N) is 2. The van der Waals surface area contributed by atoms with Crippen molar-refractivity contribution < 1.29 is 4.79 Å². The van der Waals surface area contributed by atoms with Crippen LogP contribution >= 0.6 is 34.0 Å². The fourth-order valence-electron chi connectivity index (χ4n) is 3.57. The molecule has 1 aromatic carbocycles. The summed E-state index contributed by atoms with van der Waals surface area (Å²) in [5, 5.41) is 9.03. The zero-order valence-corrected chi connectivity index (χ0v) is 16.8. The third-order valence-electron chi connectivity index (χ3n) is 4.83. The second kappa shape index (κ2) is 7.03. The van der Waals surface area contributed by atoms with Gasteiger partial charge in [0.2, 0.25) is 0 Å². The number of carbonyl (C=O) groups excluding carboxylic acids is 1. The minimum atomic E-state index is -0.0417. The SMILES string of the molecule is O=C(c1csc(-c2ccsc2)n1)N1CCc2sccc2[C@H]1c1ccccc1. The van der Waals surface area contributed by atoms with Crippen molar-refractivity contribution in [2.45, 2.75) is 12.5 Å². The van der Waals surface area contributed by atoms with Crippen LogP contribution in [0, 0.1) is 0 Å². The Morgan fingerprint density at radius 2 is 1.93 bits per heavy atom. The van der Waals surface area contributed by atoms with Gasteiger partial charge in [-0.2, -0.15) is 11.3 Å². The molecule has 0 aliphatic carbocycles. The highest BCUT2D eigenvalue weighted by molar-refractivity contribution is 7.14. The van der Waals surface area contributed by atoms with Crippen LogP contribution < -0.4 is 0 Å². The van der Waals surface area contributed by atoms with Crippen LogP contribution in [0.1, 0.15) is 32.5 Å². The largest absolute Gasteiger partial charge is 0.326 e. The molecule has 3 aromatic heterocycles. The Kier molecular flexibility index (Phi) is 4.39. The van der Waals surface area contributed by atoms with Gasteiger partial charge in [0.25, 0.3) is 5.91 Å². The number of benzene rings is 1. The van der Waals surface area contributed by atoms with Crippen molar-refractivity contribution in [1.29, 1.82) is 0 Å². The van der Waals surface area contributed by atoms with E-state index >= 15 is 0 Å². The van der Waals surface area contributed by atoms with Gasteiger partial charge < -0.3 is 4.90 Å². The summed E-state index contributed by atoms with van der Waals surface area (Å²) in [7, 11) is 0. The minimum absolute atomic E-state index is 0.0124. The highest BCUT2D eigenvalue weighted by Crippen LogP contribution is 2.38. The van der Waals surface area contributed by atoms with Gasteiger partial charge in [0, 0.05) is 27.7 Å².